The van der Waals surface area contributed by atoms with Gasteiger partial charge in [-0.1, -0.05) is 13.8 Å². The van der Waals surface area contributed by atoms with Crippen molar-refractivity contribution >= 4 is 5.97 Å². The van der Waals surface area contributed by atoms with Crippen molar-refractivity contribution in [3.8, 4) is 0 Å². The Morgan fingerprint density at radius 3 is 2.89 bits per heavy atom. The predicted molar refractivity (Wildman–Crippen MR) is 71.8 cm³/mol. The van der Waals surface area contributed by atoms with Gasteiger partial charge in [-0.2, -0.15) is 0 Å². The van der Waals surface area contributed by atoms with E-state index in [1.807, 2.05) is 6.92 Å². The Bertz CT molecular complexity index is 457. The summed E-state index contributed by atoms with van der Waals surface area (Å²) in [7, 11) is 0. The Morgan fingerprint density at radius 1 is 1.50 bits per heavy atom. The van der Waals surface area contributed by atoms with Crippen molar-refractivity contribution in [2.45, 2.75) is 58.9 Å². The van der Waals surface area contributed by atoms with Crippen LogP contribution in [-0.2, 0) is 27.9 Å². The maximum absolute atomic E-state index is 11.7. The van der Waals surface area contributed by atoms with E-state index < -0.39 is 0 Å². The molecule has 0 unspecified atom stereocenters. The second-order valence-corrected chi connectivity index (χ2v) is 5.79. The molecule has 100 valence electrons. The molecule has 0 fully saturated rings. The number of ether oxygens (including phenoxy) is 1. The lowest BCUT2D eigenvalue weighted by molar-refractivity contribution is -0.143. The summed E-state index contributed by atoms with van der Waals surface area (Å²) in [5.41, 5.74) is 4.07. The minimum absolute atomic E-state index is 0.139. The molecule has 2 rings (SSSR count). The van der Waals surface area contributed by atoms with Gasteiger partial charge < -0.3 is 9.30 Å². The fourth-order valence-electron chi connectivity index (χ4n) is 3.12. The van der Waals surface area contributed by atoms with E-state index in [9.17, 15) is 4.79 Å². The van der Waals surface area contributed by atoms with Gasteiger partial charge in [0.2, 0.25) is 0 Å². The first-order valence-electron chi connectivity index (χ1n) is 6.81. The molecule has 1 aromatic rings. The monoisotopic (exact) mass is 249 g/mol. The molecule has 0 saturated carbocycles. The van der Waals surface area contributed by atoms with Crippen LogP contribution < -0.4 is 0 Å². The summed E-state index contributed by atoms with van der Waals surface area (Å²) in [6, 6.07) is 2.23. The third-order valence-electron chi connectivity index (χ3n) is 3.86. The standard InChI is InChI=1S/C15H23NO2/c1-5-18-13(17)10-16-11(2)9-12-7-6-8-15(3,4)14(12)16/h9H,5-8,10H2,1-4H3. The second-order valence-electron chi connectivity index (χ2n) is 5.79. The Kier molecular flexibility index (Phi) is 3.51. The van der Waals surface area contributed by atoms with Gasteiger partial charge in [-0.05, 0) is 44.7 Å². The van der Waals surface area contributed by atoms with Crippen LogP contribution in [0.15, 0.2) is 6.07 Å². The molecule has 1 heterocycles. The first-order chi connectivity index (χ1) is 8.45. The van der Waals surface area contributed by atoms with Crippen LogP contribution in [0, 0.1) is 6.92 Å². The molecule has 1 aliphatic rings. The second kappa shape index (κ2) is 4.79. The zero-order valence-electron chi connectivity index (χ0n) is 11.9. The summed E-state index contributed by atoms with van der Waals surface area (Å²) in [5.74, 6) is -0.139. The first kappa shape index (κ1) is 13.2. The molecule has 0 amide bonds. The van der Waals surface area contributed by atoms with Crippen LogP contribution >= 0.6 is 0 Å². The van der Waals surface area contributed by atoms with Crippen LogP contribution in [0.4, 0.5) is 0 Å². The molecule has 3 heteroatoms. The number of nitrogens with zero attached hydrogens (tertiary/aromatic N) is 1. The van der Waals surface area contributed by atoms with Crippen molar-refractivity contribution in [2.24, 2.45) is 0 Å². The van der Waals surface area contributed by atoms with Gasteiger partial charge in [0.25, 0.3) is 0 Å². The van der Waals surface area contributed by atoms with Gasteiger partial charge in [-0.25, -0.2) is 0 Å². The number of aromatic nitrogens is 1. The highest BCUT2D eigenvalue weighted by atomic mass is 16.5. The van der Waals surface area contributed by atoms with E-state index in [4.69, 9.17) is 4.74 Å². The van der Waals surface area contributed by atoms with E-state index in [0.29, 0.717) is 13.2 Å². The van der Waals surface area contributed by atoms with E-state index in [1.165, 1.54) is 29.8 Å². The molecule has 0 aromatic carbocycles. The molecule has 1 aromatic heterocycles. The number of hydrogen-bond acceptors (Lipinski definition) is 2. The van der Waals surface area contributed by atoms with Crippen LogP contribution in [0.25, 0.3) is 0 Å². The summed E-state index contributed by atoms with van der Waals surface area (Å²) in [6.07, 6.45) is 3.56. The average Bonchev–Trinajstić information content (AvgIpc) is 2.56. The van der Waals surface area contributed by atoms with Crippen LogP contribution in [0.1, 0.15) is 50.6 Å². The van der Waals surface area contributed by atoms with Crippen LogP contribution in [0.3, 0.4) is 0 Å². The fraction of sp³-hybridized carbons (Fsp3) is 0.667. The maximum atomic E-state index is 11.7. The van der Waals surface area contributed by atoms with Crippen molar-refractivity contribution in [3.63, 3.8) is 0 Å². The van der Waals surface area contributed by atoms with Gasteiger partial charge in [-0.15, -0.1) is 0 Å². The SMILES string of the molecule is CCOC(=O)Cn1c(C)cc2c1C(C)(C)CCC2. The van der Waals surface area contributed by atoms with Crippen LogP contribution in [-0.4, -0.2) is 17.1 Å². The van der Waals surface area contributed by atoms with E-state index in [-0.39, 0.29) is 11.4 Å². The summed E-state index contributed by atoms with van der Waals surface area (Å²) >= 11 is 0. The lowest BCUT2D eigenvalue weighted by Gasteiger charge is -2.32. The Labute approximate surface area is 109 Å². The zero-order chi connectivity index (χ0) is 13.3. The third-order valence-corrected chi connectivity index (χ3v) is 3.86. The lowest BCUT2D eigenvalue weighted by Crippen LogP contribution is -2.29. The van der Waals surface area contributed by atoms with Crippen LogP contribution in [0.2, 0.25) is 0 Å². The Balaban J connectivity index is 2.36. The minimum Gasteiger partial charge on any atom is -0.465 e. The van der Waals surface area contributed by atoms with E-state index >= 15 is 0 Å². The molecular formula is C15H23NO2. The topological polar surface area (TPSA) is 31.2 Å². The number of rotatable bonds is 3. The molecule has 0 N–H and O–H groups in total. The normalized spacial score (nSPS) is 17.3. The molecule has 0 spiro atoms. The predicted octanol–water partition coefficient (Wildman–Crippen LogP) is 2.97. The number of esters is 1. The minimum atomic E-state index is -0.139. The molecule has 1 aliphatic carbocycles. The van der Waals surface area contributed by atoms with Gasteiger partial charge in [0.05, 0.1) is 6.61 Å². The number of hydrogen-bond donors (Lipinski definition) is 0. The van der Waals surface area contributed by atoms with E-state index in [2.05, 4.69) is 31.4 Å². The summed E-state index contributed by atoms with van der Waals surface area (Å²) in [4.78, 5) is 11.7. The average molecular weight is 249 g/mol. The first-order valence-corrected chi connectivity index (χ1v) is 6.81. The maximum Gasteiger partial charge on any atom is 0.325 e. The zero-order valence-corrected chi connectivity index (χ0v) is 11.9. The van der Waals surface area contributed by atoms with Crippen molar-refractivity contribution in [1.82, 2.24) is 4.57 Å². The Hall–Kier alpha value is -1.25. The summed E-state index contributed by atoms with van der Waals surface area (Å²) < 4.78 is 7.21. The molecule has 0 bridgehead atoms. The smallest absolute Gasteiger partial charge is 0.325 e. The lowest BCUT2D eigenvalue weighted by atomic mass is 9.76. The quantitative estimate of drug-likeness (QED) is 0.771. The van der Waals surface area contributed by atoms with Crippen molar-refractivity contribution in [3.05, 3.63) is 23.0 Å². The number of fused-ring (bicyclic) bond motifs is 1. The summed E-state index contributed by atoms with van der Waals surface area (Å²) in [6.45, 7) is 9.26. The molecule has 3 nitrogen and oxygen atoms in total. The van der Waals surface area contributed by atoms with Crippen molar-refractivity contribution in [1.29, 1.82) is 0 Å². The summed E-state index contributed by atoms with van der Waals surface area (Å²) in [5, 5.41) is 0. The highest BCUT2D eigenvalue weighted by Gasteiger charge is 2.32. The largest absolute Gasteiger partial charge is 0.465 e. The molecule has 0 saturated heterocycles. The van der Waals surface area contributed by atoms with Crippen LogP contribution in [0.5, 0.6) is 0 Å². The fourth-order valence-corrected chi connectivity index (χ4v) is 3.12. The van der Waals surface area contributed by atoms with Crippen molar-refractivity contribution in [2.75, 3.05) is 6.61 Å². The van der Waals surface area contributed by atoms with E-state index in [0.717, 1.165) is 6.42 Å². The van der Waals surface area contributed by atoms with Gasteiger partial charge in [0.1, 0.15) is 6.54 Å². The van der Waals surface area contributed by atoms with Gasteiger partial charge in [0, 0.05) is 16.8 Å². The highest BCUT2D eigenvalue weighted by Crippen LogP contribution is 2.38. The van der Waals surface area contributed by atoms with Gasteiger partial charge in [0.15, 0.2) is 0 Å². The molecule has 0 atom stereocenters. The van der Waals surface area contributed by atoms with Crippen molar-refractivity contribution < 1.29 is 9.53 Å². The van der Waals surface area contributed by atoms with Gasteiger partial charge in [-0.3, -0.25) is 4.79 Å². The highest BCUT2D eigenvalue weighted by molar-refractivity contribution is 5.69. The number of carbonyl (C=O) groups is 1. The third kappa shape index (κ3) is 2.31. The van der Waals surface area contributed by atoms with E-state index in [1.54, 1.807) is 0 Å². The van der Waals surface area contributed by atoms with Gasteiger partial charge >= 0.3 is 5.97 Å². The molecule has 0 aliphatic heterocycles. The molecule has 0 radical (unpaired) electrons. The number of carbonyl (C=O) groups excluding carboxylic acids is 1. The molecular weight excluding hydrogens is 226 g/mol. The number of aryl methyl sites for hydroxylation is 2. The molecule has 18 heavy (non-hydrogen) atoms. The Morgan fingerprint density at radius 2 is 2.22 bits per heavy atom.